The third-order valence-electron chi connectivity index (χ3n) is 6.71. The molecule has 2 aromatic heterocycles. The number of anilines is 4. The highest BCUT2D eigenvalue weighted by molar-refractivity contribution is 6.09. The summed E-state index contributed by atoms with van der Waals surface area (Å²) in [6, 6.07) is 15.8. The molecular formula is C28H33N7O. The molecule has 1 saturated heterocycles. The Morgan fingerprint density at radius 2 is 1.83 bits per heavy atom. The Morgan fingerprint density at radius 3 is 2.61 bits per heavy atom. The van der Waals surface area contributed by atoms with E-state index in [4.69, 9.17) is 0 Å². The van der Waals surface area contributed by atoms with Gasteiger partial charge in [-0.1, -0.05) is 26.8 Å². The Morgan fingerprint density at radius 1 is 1.03 bits per heavy atom. The summed E-state index contributed by atoms with van der Waals surface area (Å²) in [5, 5.41) is 14.5. The minimum Gasteiger partial charge on any atom is -0.367 e. The van der Waals surface area contributed by atoms with Crippen LogP contribution in [0.1, 0.15) is 36.7 Å². The second-order valence-electron chi connectivity index (χ2n) is 10.4. The molecule has 0 saturated carbocycles. The zero-order valence-electron chi connectivity index (χ0n) is 21.3. The molecule has 1 aliphatic rings. The highest BCUT2D eigenvalue weighted by Crippen LogP contribution is 2.34. The van der Waals surface area contributed by atoms with E-state index in [1.807, 2.05) is 24.3 Å². The summed E-state index contributed by atoms with van der Waals surface area (Å²) >= 11 is 0. The van der Waals surface area contributed by atoms with Gasteiger partial charge in [0.2, 0.25) is 0 Å². The van der Waals surface area contributed by atoms with Crippen molar-refractivity contribution in [3.63, 3.8) is 0 Å². The van der Waals surface area contributed by atoms with Gasteiger partial charge in [-0.15, -0.1) is 0 Å². The minimum atomic E-state index is -0.202. The van der Waals surface area contributed by atoms with Crippen molar-refractivity contribution in [2.75, 3.05) is 48.8 Å². The average Bonchev–Trinajstić information content (AvgIpc) is 3.32. The van der Waals surface area contributed by atoms with Crippen LogP contribution in [-0.2, 0) is 5.41 Å². The number of fused-ring (bicyclic) bond motifs is 1. The van der Waals surface area contributed by atoms with E-state index in [0.29, 0.717) is 11.4 Å². The predicted octanol–water partition coefficient (Wildman–Crippen LogP) is 5.00. The quantitative estimate of drug-likeness (QED) is 0.370. The van der Waals surface area contributed by atoms with Crippen molar-refractivity contribution in [3.05, 3.63) is 72.1 Å². The maximum atomic E-state index is 13.5. The largest absolute Gasteiger partial charge is 0.367 e. The van der Waals surface area contributed by atoms with Crippen LogP contribution < -0.4 is 15.5 Å². The monoisotopic (exact) mass is 483 g/mol. The number of nitrogens with zero attached hydrogens (tertiary/aromatic N) is 4. The van der Waals surface area contributed by atoms with Gasteiger partial charge in [0.15, 0.2) is 0 Å². The van der Waals surface area contributed by atoms with E-state index in [0.717, 1.165) is 54.1 Å². The standard InChI is InChI=1S/C28H33N7O/c1-28(2,3)20-8-10-23(25(16-20)35-14-12-34(4)13-15-35)32-27(36)22-6-5-11-29-26(22)31-21-9-7-19-18-30-33-24(19)17-21/h5-11,16-18H,12-15H2,1-4H3,(H,29,31)(H,30,33)(H,32,36). The zero-order valence-corrected chi connectivity index (χ0v) is 21.3. The molecule has 1 aliphatic heterocycles. The van der Waals surface area contributed by atoms with E-state index in [-0.39, 0.29) is 11.3 Å². The van der Waals surface area contributed by atoms with Gasteiger partial charge < -0.3 is 20.4 Å². The lowest BCUT2D eigenvalue weighted by Crippen LogP contribution is -2.44. The van der Waals surface area contributed by atoms with Crippen LogP contribution in [0, 0.1) is 0 Å². The number of rotatable bonds is 5. The van der Waals surface area contributed by atoms with Crippen LogP contribution in [0.4, 0.5) is 22.9 Å². The predicted molar refractivity (Wildman–Crippen MR) is 146 cm³/mol. The van der Waals surface area contributed by atoms with Crippen LogP contribution in [0.2, 0.25) is 0 Å². The van der Waals surface area contributed by atoms with Gasteiger partial charge in [-0.25, -0.2) is 4.98 Å². The Kier molecular flexibility index (Phi) is 6.36. The summed E-state index contributed by atoms with van der Waals surface area (Å²) in [7, 11) is 2.15. The maximum absolute atomic E-state index is 13.5. The molecule has 0 bridgehead atoms. The van der Waals surface area contributed by atoms with Crippen LogP contribution in [-0.4, -0.2) is 59.2 Å². The van der Waals surface area contributed by atoms with E-state index in [9.17, 15) is 4.79 Å². The van der Waals surface area contributed by atoms with E-state index in [1.165, 1.54) is 5.56 Å². The van der Waals surface area contributed by atoms with Crippen molar-refractivity contribution in [1.82, 2.24) is 20.1 Å². The smallest absolute Gasteiger partial charge is 0.259 e. The van der Waals surface area contributed by atoms with Crippen molar-refractivity contribution in [2.45, 2.75) is 26.2 Å². The van der Waals surface area contributed by atoms with Crippen molar-refractivity contribution < 1.29 is 4.79 Å². The van der Waals surface area contributed by atoms with Gasteiger partial charge in [0, 0.05) is 43.4 Å². The van der Waals surface area contributed by atoms with E-state index in [1.54, 1.807) is 24.5 Å². The van der Waals surface area contributed by atoms with E-state index < -0.39 is 0 Å². The fourth-order valence-electron chi connectivity index (χ4n) is 4.44. The molecule has 1 amide bonds. The van der Waals surface area contributed by atoms with Crippen LogP contribution in [0.15, 0.2) is 60.9 Å². The van der Waals surface area contributed by atoms with Gasteiger partial charge in [-0.05, 0) is 60.5 Å². The number of aromatic amines is 1. The molecule has 2 aromatic carbocycles. The number of hydrogen-bond donors (Lipinski definition) is 3. The third kappa shape index (κ3) is 5.04. The highest BCUT2D eigenvalue weighted by Gasteiger charge is 2.23. The molecule has 3 N–H and O–H groups in total. The first-order valence-electron chi connectivity index (χ1n) is 12.3. The molecule has 186 valence electrons. The summed E-state index contributed by atoms with van der Waals surface area (Å²) in [5.74, 6) is 0.299. The first-order valence-corrected chi connectivity index (χ1v) is 12.3. The van der Waals surface area contributed by atoms with Gasteiger partial charge in [0.05, 0.1) is 28.7 Å². The number of piperazine rings is 1. The lowest BCUT2D eigenvalue weighted by Gasteiger charge is -2.36. The number of pyridine rings is 1. The Labute approximate surface area is 211 Å². The first-order chi connectivity index (χ1) is 17.3. The first kappa shape index (κ1) is 23.8. The molecule has 1 fully saturated rings. The van der Waals surface area contributed by atoms with Crippen LogP contribution >= 0.6 is 0 Å². The van der Waals surface area contributed by atoms with Crippen molar-refractivity contribution in [1.29, 1.82) is 0 Å². The molecule has 0 radical (unpaired) electrons. The second-order valence-corrected chi connectivity index (χ2v) is 10.4. The number of nitrogens with one attached hydrogen (secondary N) is 3. The third-order valence-corrected chi connectivity index (χ3v) is 6.71. The molecular weight excluding hydrogens is 450 g/mol. The van der Waals surface area contributed by atoms with Crippen LogP contribution in [0.25, 0.3) is 10.9 Å². The maximum Gasteiger partial charge on any atom is 0.259 e. The fraction of sp³-hybridized carbons (Fsp3) is 0.321. The molecule has 4 aromatic rings. The number of carbonyl (C=O) groups excluding carboxylic acids is 1. The molecule has 8 heteroatoms. The number of likely N-dealkylation sites (N-methyl/N-ethyl adjacent to an activating group) is 1. The van der Waals surface area contributed by atoms with Crippen molar-refractivity contribution in [3.8, 4) is 0 Å². The van der Waals surface area contributed by atoms with Gasteiger partial charge in [0.1, 0.15) is 5.82 Å². The summed E-state index contributed by atoms with van der Waals surface area (Å²) < 4.78 is 0. The van der Waals surface area contributed by atoms with E-state index >= 15 is 0 Å². The fourth-order valence-corrected chi connectivity index (χ4v) is 4.44. The molecule has 8 nitrogen and oxygen atoms in total. The van der Waals surface area contributed by atoms with E-state index in [2.05, 4.69) is 75.6 Å². The minimum absolute atomic E-state index is 0.0140. The number of carbonyl (C=O) groups is 1. The Balaban J connectivity index is 1.43. The summed E-state index contributed by atoms with van der Waals surface area (Å²) in [5.41, 5.74) is 5.35. The Hall–Kier alpha value is -3.91. The molecule has 36 heavy (non-hydrogen) atoms. The number of amides is 1. The van der Waals surface area contributed by atoms with Crippen LogP contribution in [0.5, 0.6) is 0 Å². The number of aromatic nitrogens is 3. The summed E-state index contributed by atoms with van der Waals surface area (Å²) in [6.07, 6.45) is 3.46. The second kappa shape index (κ2) is 9.62. The topological polar surface area (TPSA) is 89.2 Å². The molecule has 0 atom stereocenters. The summed E-state index contributed by atoms with van der Waals surface area (Å²) in [4.78, 5) is 22.7. The zero-order chi connectivity index (χ0) is 25.3. The number of H-pyrrole nitrogens is 1. The van der Waals surface area contributed by atoms with Crippen molar-refractivity contribution >= 4 is 39.7 Å². The number of hydrogen-bond acceptors (Lipinski definition) is 6. The SMILES string of the molecule is CN1CCN(c2cc(C(C)(C)C)ccc2NC(=O)c2cccnc2Nc2ccc3cn[nH]c3c2)CC1. The number of benzene rings is 2. The molecule has 0 unspecified atom stereocenters. The van der Waals surface area contributed by atoms with Gasteiger partial charge in [-0.3, -0.25) is 9.89 Å². The Bertz CT molecular complexity index is 1380. The summed E-state index contributed by atoms with van der Waals surface area (Å²) in [6.45, 7) is 10.5. The molecule has 3 heterocycles. The molecule has 0 aliphatic carbocycles. The van der Waals surface area contributed by atoms with Gasteiger partial charge >= 0.3 is 0 Å². The van der Waals surface area contributed by atoms with Crippen LogP contribution in [0.3, 0.4) is 0 Å². The average molecular weight is 484 g/mol. The lowest BCUT2D eigenvalue weighted by molar-refractivity contribution is 0.102. The lowest BCUT2D eigenvalue weighted by atomic mass is 9.86. The van der Waals surface area contributed by atoms with Crippen molar-refractivity contribution in [2.24, 2.45) is 0 Å². The highest BCUT2D eigenvalue weighted by atomic mass is 16.1. The van der Waals surface area contributed by atoms with Gasteiger partial charge in [-0.2, -0.15) is 5.10 Å². The van der Waals surface area contributed by atoms with Gasteiger partial charge in [0.25, 0.3) is 5.91 Å². The molecule has 5 rings (SSSR count). The molecule has 0 spiro atoms. The normalized spacial score (nSPS) is 14.7.